The topological polar surface area (TPSA) is 93.7 Å². The predicted molar refractivity (Wildman–Crippen MR) is 167 cm³/mol. The Bertz CT molecular complexity index is 1550. The minimum absolute atomic E-state index is 0.0845. The number of esters is 1. The molecule has 0 aromatic heterocycles. The summed E-state index contributed by atoms with van der Waals surface area (Å²) in [6, 6.07) is 31.9. The number of fused-ring (bicyclic) bond motifs is 3. The molecule has 0 fully saturated rings. The molecule has 7 heteroatoms. The molecule has 1 aliphatic rings. The van der Waals surface area contributed by atoms with Gasteiger partial charge in [0.25, 0.3) is 0 Å². The molecule has 5 rings (SSSR count). The van der Waals surface area contributed by atoms with Crippen molar-refractivity contribution in [3.63, 3.8) is 0 Å². The average molecular weight is 577 g/mol. The molecule has 0 radical (unpaired) electrons. The van der Waals surface area contributed by atoms with E-state index in [1.165, 1.54) is 0 Å². The molecule has 7 nitrogen and oxygen atoms in total. The van der Waals surface area contributed by atoms with Gasteiger partial charge in [-0.25, -0.2) is 4.79 Å². The molecule has 0 spiro atoms. The lowest BCUT2D eigenvalue weighted by Gasteiger charge is -2.20. The summed E-state index contributed by atoms with van der Waals surface area (Å²) in [4.78, 5) is 38.6. The number of carbonyl (C=O) groups is 3. The highest BCUT2D eigenvalue weighted by atomic mass is 16.6. The first-order chi connectivity index (χ1) is 20.7. The van der Waals surface area contributed by atoms with Gasteiger partial charge < -0.3 is 20.1 Å². The number of amides is 2. The van der Waals surface area contributed by atoms with E-state index in [2.05, 4.69) is 34.9 Å². The van der Waals surface area contributed by atoms with E-state index in [0.717, 1.165) is 33.4 Å². The van der Waals surface area contributed by atoms with E-state index in [1.807, 2.05) is 75.4 Å². The third kappa shape index (κ3) is 7.68. The Morgan fingerprint density at radius 2 is 1.33 bits per heavy atom. The zero-order valence-corrected chi connectivity index (χ0v) is 24.6. The van der Waals surface area contributed by atoms with Crippen LogP contribution in [0.1, 0.15) is 48.9 Å². The molecule has 0 saturated carbocycles. The van der Waals surface area contributed by atoms with E-state index < -0.39 is 17.7 Å². The number of rotatable bonds is 9. The van der Waals surface area contributed by atoms with E-state index in [0.29, 0.717) is 5.69 Å². The number of hydrogen-bond donors (Lipinski definition) is 2. The van der Waals surface area contributed by atoms with Gasteiger partial charge in [0.2, 0.25) is 5.91 Å². The number of nitrogens with one attached hydrogen (secondary N) is 2. The Morgan fingerprint density at radius 1 is 0.744 bits per heavy atom. The molecule has 1 aliphatic carbocycles. The summed E-state index contributed by atoms with van der Waals surface area (Å²) in [5, 5.41) is 5.67. The summed E-state index contributed by atoms with van der Waals surface area (Å²) in [7, 11) is 0. The van der Waals surface area contributed by atoms with E-state index in [9.17, 15) is 14.4 Å². The minimum Gasteiger partial charge on any atom is -0.460 e. The molecule has 220 valence electrons. The lowest BCUT2D eigenvalue weighted by molar-refractivity contribution is -0.153. The highest BCUT2D eigenvalue weighted by molar-refractivity contribution is 5.96. The molecule has 4 aromatic rings. The average Bonchev–Trinajstić information content (AvgIpc) is 3.30. The summed E-state index contributed by atoms with van der Waals surface area (Å²) in [5.41, 5.74) is 6.18. The highest BCUT2D eigenvalue weighted by Gasteiger charge is 2.30. The largest absolute Gasteiger partial charge is 0.460 e. The van der Waals surface area contributed by atoms with Crippen LogP contribution in [-0.4, -0.2) is 36.2 Å². The number of ether oxygens (including phenoxy) is 2. The molecule has 0 bridgehead atoms. The first-order valence-electron chi connectivity index (χ1n) is 14.4. The van der Waals surface area contributed by atoms with Gasteiger partial charge in [-0.2, -0.15) is 0 Å². The van der Waals surface area contributed by atoms with Crippen LogP contribution in [0.5, 0.6) is 0 Å². The third-order valence-electron chi connectivity index (χ3n) is 7.22. The molecule has 0 aliphatic heterocycles. The van der Waals surface area contributed by atoms with Crippen molar-refractivity contribution in [2.75, 3.05) is 11.9 Å². The lowest BCUT2D eigenvalue weighted by Crippen LogP contribution is -2.45. The SMILES string of the molecule is CC(C)(C)OC(=O)Cc1ccc(NC(=O)[C@H](Cc2ccccc2)NC(=O)OCC2c3ccccc3-c3ccccc32)cc1. The maximum atomic E-state index is 13.4. The fourth-order valence-corrected chi connectivity index (χ4v) is 5.32. The summed E-state index contributed by atoms with van der Waals surface area (Å²) in [6.45, 7) is 5.63. The number of hydrogen-bond acceptors (Lipinski definition) is 5. The Kier molecular flexibility index (Phi) is 8.90. The van der Waals surface area contributed by atoms with Crippen molar-refractivity contribution in [2.24, 2.45) is 0 Å². The monoisotopic (exact) mass is 576 g/mol. The van der Waals surface area contributed by atoms with Crippen LogP contribution in [0.25, 0.3) is 11.1 Å². The van der Waals surface area contributed by atoms with E-state index in [-0.39, 0.29) is 37.2 Å². The second-order valence-electron chi connectivity index (χ2n) is 11.7. The summed E-state index contributed by atoms with van der Waals surface area (Å²) >= 11 is 0. The number of benzene rings is 4. The first-order valence-corrected chi connectivity index (χ1v) is 14.4. The normalized spacial score (nSPS) is 12.9. The highest BCUT2D eigenvalue weighted by Crippen LogP contribution is 2.44. The van der Waals surface area contributed by atoms with E-state index in [4.69, 9.17) is 9.47 Å². The van der Waals surface area contributed by atoms with Gasteiger partial charge in [0.15, 0.2) is 0 Å². The van der Waals surface area contributed by atoms with Crippen LogP contribution in [-0.2, 0) is 31.9 Å². The van der Waals surface area contributed by atoms with Crippen LogP contribution >= 0.6 is 0 Å². The standard InChI is InChI=1S/C36H36N2O5/c1-36(2,3)43-33(39)22-25-17-19-26(20-18-25)37-34(40)32(21-24-11-5-4-6-12-24)38-35(41)42-23-31-29-15-9-7-13-27(29)28-14-8-10-16-30(28)31/h4-20,31-32H,21-23H2,1-3H3,(H,37,40)(H,38,41)/t32-/m0/s1. The Labute approximate surface area is 252 Å². The van der Waals surface area contributed by atoms with Crippen LogP contribution < -0.4 is 10.6 Å². The zero-order chi connectivity index (χ0) is 30.4. The van der Waals surface area contributed by atoms with Gasteiger partial charge >= 0.3 is 12.1 Å². The molecule has 0 unspecified atom stereocenters. The van der Waals surface area contributed by atoms with Gasteiger partial charge in [-0.1, -0.05) is 91.0 Å². The Balaban J connectivity index is 1.24. The van der Waals surface area contributed by atoms with Gasteiger partial charge in [0, 0.05) is 18.0 Å². The van der Waals surface area contributed by atoms with Crippen LogP contribution in [0.2, 0.25) is 0 Å². The fourth-order valence-electron chi connectivity index (χ4n) is 5.32. The van der Waals surface area contributed by atoms with E-state index >= 15 is 0 Å². The van der Waals surface area contributed by atoms with Crippen LogP contribution in [0.15, 0.2) is 103 Å². The summed E-state index contributed by atoms with van der Waals surface area (Å²) in [5.74, 6) is -0.782. The molecule has 1 atom stereocenters. The second kappa shape index (κ2) is 12.9. The Morgan fingerprint density at radius 3 is 1.93 bits per heavy atom. The van der Waals surface area contributed by atoms with Crippen molar-refractivity contribution in [3.8, 4) is 11.1 Å². The summed E-state index contributed by atoms with van der Waals surface area (Å²) < 4.78 is 11.1. The van der Waals surface area contributed by atoms with Crippen molar-refractivity contribution in [1.82, 2.24) is 5.32 Å². The Hall–Kier alpha value is -4.91. The van der Waals surface area contributed by atoms with Crippen molar-refractivity contribution in [3.05, 3.63) is 125 Å². The minimum atomic E-state index is -0.875. The fraction of sp³-hybridized carbons (Fsp3) is 0.250. The maximum absolute atomic E-state index is 13.4. The first kappa shape index (κ1) is 29.6. The molecule has 0 saturated heterocycles. The van der Waals surface area contributed by atoms with Gasteiger partial charge in [-0.15, -0.1) is 0 Å². The maximum Gasteiger partial charge on any atom is 0.407 e. The molecular weight excluding hydrogens is 540 g/mol. The predicted octanol–water partition coefficient (Wildman–Crippen LogP) is 6.66. The van der Waals surface area contributed by atoms with Crippen molar-refractivity contribution >= 4 is 23.7 Å². The molecule has 43 heavy (non-hydrogen) atoms. The van der Waals surface area contributed by atoms with Crippen molar-refractivity contribution < 1.29 is 23.9 Å². The number of carbonyl (C=O) groups excluding carboxylic acids is 3. The summed E-state index contributed by atoms with van der Waals surface area (Å²) in [6.07, 6.45) is -0.246. The van der Waals surface area contributed by atoms with E-state index in [1.54, 1.807) is 24.3 Å². The smallest absolute Gasteiger partial charge is 0.407 e. The van der Waals surface area contributed by atoms with Gasteiger partial charge in [-0.3, -0.25) is 9.59 Å². The van der Waals surface area contributed by atoms with Crippen LogP contribution in [0.4, 0.5) is 10.5 Å². The number of anilines is 1. The molecule has 2 amide bonds. The van der Waals surface area contributed by atoms with Gasteiger partial charge in [0.1, 0.15) is 18.2 Å². The van der Waals surface area contributed by atoms with Gasteiger partial charge in [0.05, 0.1) is 6.42 Å². The van der Waals surface area contributed by atoms with Gasteiger partial charge in [-0.05, 0) is 66.3 Å². The molecular formula is C36H36N2O5. The third-order valence-corrected chi connectivity index (χ3v) is 7.22. The van der Waals surface area contributed by atoms with Crippen LogP contribution in [0.3, 0.4) is 0 Å². The second-order valence-corrected chi connectivity index (χ2v) is 11.7. The molecule has 2 N–H and O–H groups in total. The number of alkyl carbamates (subject to hydrolysis) is 1. The molecule has 4 aromatic carbocycles. The lowest BCUT2D eigenvalue weighted by atomic mass is 9.98. The zero-order valence-electron chi connectivity index (χ0n) is 24.6. The molecule has 0 heterocycles. The quantitative estimate of drug-likeness (QED) is 0.217. The van der Waals surface area contributed by atoms with Crippen molar-refractivity contribution in [2.45, 2.75) is 51.2 Å². The van der Waals surface area contributed by atoms with Crippen molar-refractivity contribution in [1.29, 1.82) is 0 Å². The van der Waals surface area contributed by atoms with Crippen LogP contribution in [0, 0.1) is 0 Å².